The smallest absolute Gasteiger partial charge is 0.454 e. The van der Waals surface area contributed by atoms with Gasteiger partial charge >= 0.3 is 12.1 Å². The minimum atomic E-state index is -4.90. The number of hydrogen-bond acceptors (Lipinski definition) is 6. The van der Waals surface area contributed by atoms with Gasteiger partial charge in [0.2, 0.25) is 0 Å². The zero-order valence-electron chi connectivity index (χ0n) is 15.7. The molecule has 7 nitrogen and oxygen atoms in total. The van der Waals surface area contributed by atoms with E-state index in [1.54, 1.807) is 24.3 Å². The molecular formula is C19H21F3N2O5. The third kappa shape index (κ3) is 6.81. The van der Waals surface area contributed by atoms with Gasteiger partial charge in [-0.15, -0.1) is 0 Å². The van der Waals surface area contributed by atoms with Crippen LogP contribution in [0.5, 0.6) is 5.75 Å². The van der Waals surface area contributed by atoms with Crippen molar-refractivity contribution in [2.75, 3.05) is 32.1 Å². The van der Waals surface area contributed by atoms with Gasteiger partial charge in [-0.2, -0.15) is 13.2 Å². The monoisotopic (exact) mass is 414 g/mol. The molecule has 1 heterocycles. The van der Waals surface area contributed by atoms with Crippen LogP contribution in [0.3, 0.4) is 0 Å². The molecule has 0 atom stereocenters. The number of para-hydroxylation sites is 2. The van der Waals surface area contributed by atoms with Crippen molar-refractivity contribution in [1.29, 1.82) is 0 Å². The number of ketones is 1. The standard InChI is InChI=1S/C19H21F3N2O5/c1-28-15-5-3-2-4-14(15)23-17(26)12-29-18(27)13-6-9-24(10-7-13)11-8-16(25)19(20,21)22/h2-5,8,11,13H,6-7,9-10,12H2,1H3,(H,23,26)/b11-8+. The molecule has 1 amide bonds. The fraction of sp³-hybridized carbons (Fsp3) is 0.421. The molecule has 0 aliphatic carbocycles. The van der Waals surface area contributed by atoms with E-state index in [1.165, 1.54) is 12.0 Å². The molecule has 2 rings (SSSR count). The number of likely N-dealkylation sites (tertiary alicyclic amines) is 1. The van der Waals surface area contributed by atoms with Crippen LogP contribution in [0.1, 0.15) is 12.8 Å². The molecule has 0 radical (unpaired) electrons. The van der Waals surface area contributed by atoms with Crippen LogP contribution in [0.15, 0.2) is 36.5 Å². The predicted octanol–water partition coefficient (Wildman–Crippen LogP) is 2.53. The van der Waals surface area contributed by atoms with E-state index in [4.69, 9.17) is 9.47 Å². The van der Waals surface area contributed by atoms with Crippen molar-refractivity contribution >= 4 is 23.3 Å². The number of benzene rings is 1. The van der Waals surface area contributed by atoms with Gasteiger partial charge in [-0.05, 0) is 25.0 Å². The van der Waals surface area contributed by atoms with Crippen LogP contribution in [-0.2, 0) is 19.1 Å². The van der Waals surface area contributed by atoms with Gasteiger partial charge in [0.15, 0.2) is 6.61 Å². The summed E-state index contributed by atoms with van der Waals surface area (Å²) in [6.45, 7) is 0.140. The summed E-state index contributed by atoms with van der Waals surface area (Å²) < 4.78 is 46.7. The molecule has 1 saturated heterocycles. The first-order chi connectivity index (χ1) is 13.7. The van der Waals surface area contributed by atoms with Crippen LogP contribution < -0.4 is 10.1 Å². The Balaban J connectivity index is 1.75. The number of nitrogens with one attached hydrogen (secondary N) is 1. The highest BCUT2D eigenvalue weighted by Crippen LogP contribution is 2.23. The molecule has 1 aliphatic heterocycles. The first-order valence-electron chi connectivity index (χ1n) is 8.83. The maximum atomic E-state index is 12.2. The second-order valence-electron chi connectivity index (χ2n) is 6.34. The van der Waals surface area contributed by atoms with Gasteiger partial charge in [0.25, 0.3) is 11.7 Å². The Morgan fingerprint density at radius 3 is 2.48 bits per heavy atom. The molecule has 10 heteroatoms. The number of esters is 1. The second kappa shape index (κ2) is 9.94. The third-order valence-corrected chi connectivity index (χ3v) is 4.31. The number of nitrogens with zero attached hydrogens (tertiary/aromatic N) is 1. The van der Waals surface area contributed by atoms with E-state index >= 15 is 0 Å². The lowest BCUT2D eigenvalue weighted by atomic mass is 9.97. The lowest BCUT2D eigenvalue weighted by molar-refractivity contribution is -0.165. The van der Waals surface area contributed by atoms with Gasteiger partial charge in [-0.25, -0.2) is 0 Å². The Morgan fingerprint density at radius 2 is 1.86 bits per heavy atom. The van der Waals surface area contributed by atoms with Gasteiger partial charge in [0.1, 0.15) is 5.75 Å². The lowest BCUT2D eigenvalue weighted by Gasteiger charge is -2.29. The molecule has 1 N–H and O–H groups in total. The number of hydrogen-bond donors (Lipinski definition) is 1. The van der Waals surface area contributed by atoms with Crippen molar-refractivity contribution in [2.45, 2.75) is 19.0 Å². The van der Waals surface area contributed by atoms with E-state index in [0.717, 1.165) is 6.20 Å². The van der Waals surface area contributed by atoms with Crippen molar-refractivity contribution < 1.29 is 37.0 Å². The van der Waals surface area contributed by atoms with Crippen molar-refractivity contribution in [2.24, 2.45) is 5.92 Å². The van der Waals surface area contributed by atoms with E-state index in [-0.39, 0.29) is 0 Å². The van der Waals surface area contributed by atoms with E-state index < -0.39 is 36.4 Å². The fourth-order valence-corrected chi connectivity index (χ4v) is 2.74. The summed E-state index contributed by atoms with van der Waals surface area (Å²) in [5.74, 6) is -2.99. The Labute approximate surface area is 165 Å². The minimum absolute atomic E-state index is 0.300. The highest BCUT2D eigenvalue weighted by Gasteiger charge is 2.36. The Hall–Kier alpha value is -3.04. The van der Waals surface area contributed by atoms with Crippen LogP contribution in [0.2, 0.25) is 0 Å². The fourth-order valence-electron chi connectivity index (χ4n) is 2.74. The van der Waals surface area contributed by atoms with Crippen LogP contribution in [0.25, 0.3) is 0 Å². The number of alkyl halides is 3. The van der Waals surface area contributed by atoms with Crippen molar-refractivity contribution in [3.63, 3.8) is 0 Å². The van der Waals surface area contributed by atoms with Crippen LogP contribution in [0, 0.1) is 5.92 Å². The van der Waals surface area contributed by atoms with Gasteiger partial charge in [-0.3, -0.25) is 14.4 Å². The number of carbonyl (C=O) groups excluding carboxylic acids is 3. The van der Waals surface area contributed by atoms with Crippen molar-refractivity contribution in [3.05, 3.63) is 36.5 Å². The van der Waals surface area contributed by atoms with E-state index in [2.05, 4.69) is 5.32 Å². The van der Waals surface area contributed by atoms with E-state index in [9.17, 15) is 27.6 Å². The SMILES string of the molecule is COc1ccccc1NC(=O)COC(=O)C1CCN(/C=C/C(=O)C(F)(F)F)CC1. The van der Waals surface area contributed by atoms with E-state index in [1.807, 2.05) is 0 Å². The molecular weight excluding hydrogens is 393 g/mol. The number of anilines is 1. The number of carbonyl (C=O) groups is 3. The number of amides is 1. The summed E-state index contributed by atoms with van der Waals surface area (Å²) in [7, 11) is 1.46. The molecule has 0 saturated carbocycles. The maximum Gasteiger partial charge on any atom is 0.454 e. The van der Waals surface area contributed by atoms with Crippen LogP contribution in [-0.4, -0.2) is 55.5 Å². The van der Waals surface area contributed by atoms with Gasteiger partial charge in [0, 0.05) is 25.4 Å². The average molecular weight is 414 g/mol. The van der Waals surface area contributed by atoms with Crippen LogP contribution >= 0.6 is 0 Å². The highest BCUT2D eigenvalue weighted by molar-refractivity contribution is 5.94. The summed E-state index contributed by atoms with van der Waals surface area (Å²) >= 11 is 0. The normalized spacial score (nSPS) is 15.2. The molecule has 0 aromatic heterocycles. The Bertz CT molecular complexity index is 771. The number of allylic oxidation sites excluding steroid dienone is 1. The molecule has 0 spiro atoms. The van der Waals surface area contributed by atoms with E-state index in [0.29, 0.717) is 43.4 Å². The molecule has 0 bridgehead atoms. The number of rotatable bonds is 7. The van der Waals surface area contributed by atoms with Crippen LogP contribution in [0.4, 0.5) is 18.9 Å². The summed E-state index contributed by atoms with van der Waals surface area (Å²) in [4.78, 5) is 36.5. The highest BCUT2D eigenvalue weighted by atomic mass is 19.4. The lowest BCUT2D eigenvalue weighted by Crippen LogP contribution is -2.35. The molecule has 1 aromatic carbocycles. The topological polar surface area (TPSA) is 84.9 Å². The third-order valence-electron chi connectivity index (χ3n) is 4.31. The zero-order chi connectivity index (χ0) is 21.4. The second-order valence-corrected chi connectivity index (χ2v) is 6.34. The molecule has 1 aliphatic rings. The Kier molecular flexibility index (Phi) is 7.63. The molecule has 29 heavy (non-hydrogen) atoms. The van der Waals surface area contributed by atoms with Gasteiger partial charge in [-0.1, -0.05) is 12.1 Å². The summed E-state index contributed by atoms with van der Waals surface area (Å²) in [5.41, 5.74) is 0.449. The van der Waals surface area contributed by atoms with Gasteiger partial charge < -0.3 is 19.7 Å². The maximum absolute atomic E-state index is 12.2. The molecule has 0 unspecified atom stereocenters. The largest absolute Gasteiger partial charge is 0.495 e. The summed E-state index contributed by atoms with van der Waals surface area (Å²) in [6, 6.07) is 6.78. The first-order valence-corrected chi connectivity index (χ1v) is 8.83. The van der Waals surface area contributed by atoms with Crippen molar-refractivity contribution in [3.8, 4) is 5.75 Å². The molecule has 158 valence electrons. The minimum Gasteiger partial charge on any atom is -0.495 e. The molecule has 1 aromatic rings. The number of halogens is 3. The first kappa shape index (κ1) is 22.3. The summed E-state index contributed by atoms with van der Waals surface area (Å²) in [6.07, 6.45) is -2.66. The summed E-state index contributed by atoms with van der Waals surface area (Å²) in [5, 5.41) is 2.58. The zero-order valence-corrected chi connectivity index (χ0v) is 15.7. The number of ether oxygens (including phenoxy) is 2. The molecule has 1 fully saturated rings. The predicted molar refractivity (Wildman–Crippen MR) is 97.1 cm³/mol. The number of piperidine rings is 1. The average Bonchev–Trinajstić information content (AvgIpc) is 2.70. The quantitative estimate of drug-likeness (QED) is 0.545. The Morgan fingerprint density at radius 1 is 1.21 bits per heavy atom. The van der Waals surface area contributed by atoms with Crippen molar-refractivity contribution in [1.82, 2.24) is 4.90 Å². The van der Waals surface area contributed by atoms with Gasteiger partial charge in [0.05, 0.1) is 18.7 Å². The number of methoxy groups -OCH3 is 1.